The Labute approximate surface area is 142 Å². The molecule has 3 rings (SSSR count). The van der Waals surface area contributed by atoms with Gasteiger partial charge in [-0.3, -0.25) is 4.79 Å². The molecular formula is C19H22ClN2O+. The number of quaternary nitrogens is 1. The lowest BCUT2D eigenvalue weighted by molar-refractivity contribution is -0.917. The van der Waals surface area contributed by atoms with Gasteiger partial charge in [-0.05, 0) is 5.56 Å². The number of carbonyl (C=O) groups is 1. The molecule has 0 radical (unpaired) electrons. The van der Waals surface area contributed by atoms with Gasteiger partial charge in [0.05, 0.1) is 26.2 Å². The molecule has 1 amide bonds. The van der Waals surface area contributed by atoms with Crippen LogP contribution in [0.5, 0.6) is 0 Å². The zero-order valence-corrected chi connectivity index (χ0v) is 13.9. The molecule has 1 N–H and O–H groups in total. The second-order valence-electron chi connectivity index (χ2n) is 6.01. The van der Waals surface area contributed by atoms with E-state index in [9.17, 15) is 4.79 Å². The Morgan fingerprint density at radius 2 is 1.57 bits per heavy atom. The van der Waals surface area contributed by atoms with Crippen molar-refractivity contribution in [1.29, 1.82) is 0 Å². The van der Waals surface area contributed by atoms with Gasteiger partial charge >= 0.3 is 0 Å². The SMILES string of the molecule is O=C(C(Cl)c1ccccc1)N1CC[NH+](Cc2ccccc2)CC1. The van der Waals surface area contributed by atoms with E-state index in [0.29, 0.717) is 0 Å². The van der Waals surface area contributed by atoms with Gasteiger partial charge in [0, 0.05) is 5.56 Å². The molecule has 0 bridgehead atoms. The smallest absolute Gasteiger partial charge is 0.245 e. The Hall–Kier alpha value is -1.84. The minimum Gasteiger partial charge on any atom is -0.330 e. The second-order valence-corrected chi connectivity index (χ2v) is 6.45. The van der Waals surface area contributed by atoms with Crippen LogP contribution in [0.4, 0.5) is 0 Å². The average molecular weight is 330 g/mol. The van der Waals surface area contributed by atoms with E-state index in [1.807, 2.05) is 41.3 Å². The van der Waals surface area contributed by atoms with Gasteiger partial charge < -0.3 is 9.80 Å². The number of hydrogen-bond donors (Lipinski definition) is 1. The number of nitrogens with zero attached hydrogens (tertiary/aromatic N) is 1. The summed E-state index contributed by atoms with van der Waals surface area (Å²) >= 11 is 6.36. The van der Waals surface area contributed by atoms with Gasteiger partial charge in [-0.2, -0.15) is 0 Å². The van der Waals surface area contributed by atoms with Crippen molar-refractivity contribution in [3.05, 3.63) is 71.8 Å². The van der Waals surface area contributed by atoms with Crippen LogP contribution in [-0.2, 0) is 11.3 Å². The van der Waals surface area contributed by atoms with Crippen LogP contribution in [0, 0.1) is 0 Å². The van der Waals surface area contributed by atoms with Crippen molar-refractivity contribution in [2.75, 3.05) is 26.2 Å². The number of benzene rings is 2. The highest BCUT2D eigenvalue weighted by Gasteiger charge is 2.28. The first-order chi connectivity index (χ1) is 11.2. The number of hydrogen-bond acceptors (Lipinski definition) is 1. The number of amides is 1. The first kappa shape index (κ1) is 16.0. The molecule has 1 heterocycles. The predicted molar refractivity (Wildman–Crippen MR) is 92.5 cm³/mol. The van der Waals surface area contributed by atoms with Crippen molar-refractivity contribution < 1.29 is 9.69 Å². The fraction of sp³-hybridized carbons (Fsp3) is 0.316. The summed E-state index contributed by atoms with van der Waals surface area (Å²) in [7, 11) is 0. The van der Waals surface area contributed by atoms with E-state index in [1.165, 1.54) is 10.5 Å². The van der Waals surface area contributed by atoms with Crippen molar-refractivity contribution in [3.63, 3.8) is 0 Å². The Balaban J connectivity index is 1.53. The van der Waals surface area contributed by atoms with Crippen molar-refractivity contribution in [2.45, 2.75) is 11.9 Å². The molecule has 23 heavy (non-hydrogen) atoms. The van der Waals surface area contributed by atoms with E-state index in [4.69, 9.17) is 11.6 Å². The van der Waals surface area contributed by atoms with Crippen molar-refractivity contribution >= 4 is 17.5 Å². The summed E-state index contributed by atoms with van der Waals surface area (Å²) in [5, 5.41) is -0.577. The number of halogens is 1. The van der Waals surface area contributed by atoms with Crippen LogP contribution in [0.25, 0.3) is 0 Å². The Morgan fingerprint density at radius 1 is 1.00 bits per heavy atom. The van der Waals surface area contributed by atoms with Crippen LogP contribution in [-0.4, -0.2) is 37.0 Å². The zero-order chi connectivity index (χ0) is 16.1. The molecule has 0 aromatic heterocycles. The lowest BCUT2D eigenvalue weighted by Gasteiger charge is -2.33. The molecule has 1 saturated heterocycles. The Morgan fingerprint density at radius 3 is 2.17 bits per heavy atom. The van der Waals surface area contributed by atoms with Gasteiger partial charge in [-0.1, -0.05) is 60.7 Å². The highest BCUT2D eigenvalue weighted by molar-refractivity contribution is 6.30. The van der Waals surface area contributed by atoms with E-state index in [0.717, 1.165) is 38.3 Å². The van der Waals surface area contributed by atoms with Gasteiger partial charge in [0.15, 0.2) is 0 Å². The Bertz CT molecular complexity index is 624. The van der Waals surface area contributed by atoms with Crippen LogP contribution in [0.1, 0.15) is 16.5 Å². The second kappa shape index (κ2) is 7.62. The molecule has 3 nitrogen and oxygen atoms in total. The summed E-state index contributed by atoms with van der Waals surface area (Å²) in [6, 6.07) is 20.1. The largest absolute Gasteiger partial charge is 0.330 e. The molecule has 0 spiro atoms. The maximum atomic E-state index is 12.5. The molecule has 1 atom stereocenters. The molecule has 1 aliphatic rings. The number of rotatable bonds is 4. The molecule has 1 aliphatic heterocycles. The van der Waals surface area contributed by atoms with E-state index in [-0.39, 0.29) is 5.91 Å². The molecule has 2 aromatic rings. The lowest BCUT2D eigenvalue weighted by Crippen LogP contribution is -3.13. The average Bonchev–Trinajstić information content (AvgIpc) is 2.63. The molecule has 4 heteroatoms. The number of carbonyl (C=O) groups excluding carboxylic acids is 1. The summed E-state index contributed by atoms with van der Waals surface area (Å²) in [5.74, 6) is 0.0247. The predicted octanol–water partition coefficient (Wildman–Crippen LogP) is 1.89. The van der Waals surface area contributed by atoms with Gasteiger partial charge in [0.2, 0.25) is 5.91 Å². The zero-order valence-electron chi connectivity index (χ0n) is 13.1. The maximum Gasteiger partial charge on any atom is 0.245 e. The lowest BCUT2D eigenvalue weighted by atomic mass is 10.1. The van der Waals surface area contributed by atoms with Gasteiger partial charge in [0.25, 0.3) is 0 Å². The summed E-state index contributed by atoms with van der Waals surface area (Å²) < 4.78 is 0. The maximum absolute atomic E-state index is 12.5. The number of nitrogens with one attached hydrogen (secondary N) is 1. The van der Waals surface area contributed by atoms with Crippen LogP contribution >= 0.6 is 11.6 Å². The highest BCUT2D eigenvalue weighted by Crippen LogP contribution is 2.22. The summed E-state index contributed by atoms with van der Waals surface area (Å²) in [5.41, 5.74) is 2.22. The van der Waals surface area contributed by atoms with Crippen LogP contribution in [0.2, 0.25) is 0 Å². The summed E-state index contributed by atoms with van der Waals surface area (Å²) in [6.45, 7) is 4.51. The van der Waals surface area contributed by atoms with Crippen molar-refractivity contribution in [3.8, 4) is 0 Å². The third kappa shape index (κ3) is 4.12. The van der Waals surface area contributed by atoms with Gasteiger partial charge in [-0.15, -0.1) is 11.6 Å². The molecule has 1 fully saturated rings. The summed E-state index contributed by atoms with van der Waals surface area (Å²) in [6.07, 6.45) is 0. The quantitative estimate of drug-likeness (QED) is 0.851. The van der Waals surface area contributed by atoms with E-state index >= 15 is 0 Å². The first-order valence-electron chi connectivity index (χ1n) is 8.09. The fourth-order valence-electron chi connectivity index (χ4n) is 3.03. The van der Waals surface area contributed by atoms with Crippen LogP contribution in [0.15, 0.2) is 60.7 Å². The van der Waals surface area contributed by atoms with Crippen LogP contribution in [0.3, 0.4) is 0 Å². The normalized spacial score (nSPS) is 17.0. The molecular weight excluding hydrogens is 308 g/mol. The first-order valence-corrected chi connectivity index (χ1v) is 8.53. The standard InChI is InChI=1S/C19H21ClN2O/c20-18(17-9-5-2-6-10-17)19(23)22-13-11-21(12-14-22)15-16-7-3-1-4-8-16/h1-10,18H,11-15H2/p+1. The highest BCUT2D eigenvalue weighted by atomic mass is 35.5. The molecule has 0 saturated carbocycles. The monoisotopic (exact) mass is 329 g/mol. The third-order valence-electron chi connectivity index (χ3n) is 4.39. The molecule has 1 unspecified atom stereocenters. The number of alkyl halides is 1. The molecule has 2 aromatic carbocycles. The van der Waals surface area contributed by atoms with Gasteiger partial charge in [-0.25, -0.2) is 0 Å². The van der Waals surface area contributed by atoms with Gasteiger partial charge in [0.1, 0.15) is 11.9 Å². The van der Waals surface area contributed by atoms with Crippen molar-refractivity contribution in [2.24, 2.45) is 0 Å². The number of piperazine rings is 1. The fourth-order valence-corrected chi connectivity index (χ4v) is 3.31. The minimum absolute atomic E-state index is 0.0247. The third-order valence-corrected chi connectivity index (χ3v) is 4.83. The molecule has 120 valence electrons. The van der Waals surface area contributed by atoms with E-state index < -0.39 is 5.38 Å². The summed E-state index contributed by atoms with van der Waals surface area (Å²) in [4.78, 5) is 16.0. The van der Waals surface area contributed by atoms with Crippen LogP contribution < -0.4 is 4.90 Å². The minimum atomic E-state index is -0.577. The van der Waals surface area contributed by atoms with E-state index in [2.05, 4.69) is 24.3 Å². The topological polar surface area (TPSA) is 24.8 Å². The molecule has 0 aliphatic carbocycles. The Kier molecular flexibility index (Phi) is 5.31. The van der Waals surface area contributed by atoms with E-state index in [1.54, 1.807) is 0 Å². The van der Waals surface area contributed by atoms with Crippen molar-refractivity contribution in [1.82, 2.24) is 4.90 Å².